The number of carbonyl (C=O) groups is 1. The van der Waals surface area contributed by atoms with Crippen molar-refractivity contribution >= 4 is 5.91 Å². The normalized spacial score (nSPS) is 16.9. The topological polar surface area (TPSA) is 68.5 Å². The van der Waals surface area contributed by atoms with Gasteiger partial charge in [0.1, 0.15) is 11.8 Å². The number of piperidine rings is 1. The van der Waals surface area contributed by atoms with Gasteiger partial charge in [0.15, 0.2) is 0 Å². The van der Waals surface area contributed by atoms with Gasteiger partial charge >= 0.3 is 0 Å². The van der Waals surface area contributed by atoms with Crippen molar-refractivity contribution in [2.45, 2.75) is 25.3 Å². The standard InChI is InChI=1S/C21H21N3O3/c1-26-17-11-7-10-16(14-17)21(25)24-13-6-5-12-18(24)20-22-19(23-27-20)15-8-3-2-4-9-15/h2-4,7-11,14,18H,5-6,12-13H2,1H3. The van der Waals surface area contributed by atoms with Crippen molar-refractivity contribution in [1.29, 1.82) is 0 Å². The second-order valence-electron chi connectivity index (χ2n) is 6.56. The summed E-state index contributed by atoms with van der Waals surface area (Å²) in [5, 5.41) is 4.11. The van der Waals surface area contributed by atoms with Crippen molar-refractivity contribution in [3.8, 4) is 17.1 Å². The van der Waals surface area contributed by atoms with E-state index in [1.165, 1.54) is 0 Å². The molecule has 1 saturated heterocycles. The number of ether oxygens (including phenoxy) is 1. The van der Waals surface area contributed by atoms with Crippen LogP contribution in [0.5, 0.6) is 5.75 Å². The van der Waals surface area contributed by atoms with Gasteiger partial charge in [0.05, 0.1) is 7.11 Å². The average Bonchev–Trinajstić information content (AvgIpc) is 3.24. The van der Waals surface area contributed by atoms with Crippen molar-refractivity contribution < 1.29 is 14.1 Å². The Balaban J connectivity index is 1.61. The summed E-state index contributed by atoms with van der Waals surface area (Å²) in [6, 6.07) is 16.7. The van der Waals surface area contributed by atoms with E-state index in [1.807, 2.05) is 47.4 Å². The van der Waals surface area contributed by atoms with Crippen LogP contribution < -0.4 is 4.74 Å². The number of methoxy groups -OCH3 is 1. The van der Waals surface area contributed by atoms with Gasteiger partial charge in [0.2, 0.25) is 11.7 Å². The van der Waals surface area contributed by atoms with Crippen molar-refractivity contribution in [3.63, 3.8) is 0 Å². The Bertz CT molecular complexity index is 923. The lowest BCUT2D eigenvalue weighted by Gasteiger charge is -2.33. The number of rotatable bonds is 4. The molecule has 0 aliphatic carbocycles. The number of hydrogen-bond donors (Lipinski definition) is 0. The zero-order valence-electron chi connectivity index (χ0n) is 15.2. The van der Waals surface area contributed by atoms with E-state index in [9.17, 15) is 4.79 Å². The van der Waals surface area contributed by atoms with Gasteiger partial charge in [-0.25, -0.2) is 0 Å². The van der Waals surface area contributed by atoms with Crippen molar-refractivity contribution in [2.24, 2.45) is 0 Å². The van der Waals surface area contributed by atoms with E-state index in [0.717, 1.165) is 24.8 Å². The van der Waals surface area contributed by atoms with Crippen LogP contribution >= 0.6 is 0 Å². The number of hydrogen-bond acceptors (Lipinski definition) is 5. The van der Waals surface area contributed by atoms with E-state index in [2.05, 4.69) is 10.1 Å². The molecule has 2 aromatic carbocycles. The van der Waals surface area contributed by atoms with Gasteiger partial charge in [-0.3, -0.25) is 4.79 Å². The number of benzene rings is 2. The molecule has 1 aromatic heterocycles. The molecule has 1 aliphatic rings. The summed E-state index contributed by atoms with van der Waals surface area (Å²) >= 11 is 0. The summed E-state index contributed by atoms with van der Waals surface area (Å²) < 4.78 is 10.8. The summed E-state index contributed by atoms with van der Waals surface area (Å²) in [7, 11) is 1.59. The molecule has 138 valence electrons. The lowest BCUT2D eigenvalue weighted by molar-refractivity contribution is 0.0561. The number of aromatic nitrogens is 2. The Morgan fingerprint density at radius 1 is 1.15 bits per heavy atom. The van der Waals surface area contributed by atoms with E-state index >= 15 is 0 Å². The molecule has 1 unspecified atom stereocenters. The molecule has 2 heterocycles. The molecule has 1 aliphatic heterocycles. The minimum absolute atomic E-state index is 0.0435. The van der Waals surface area contributed by atoms with Gasteiger partial charge in [-0.1, -0.05) is 41.6 Å². The maximum Gasteiger partial charge on any atom is 0.254 e. The fourth-order valence-electron chi connectivity index (χ4n) is 3.43. The summed E-state index contributed by atoms with van der Waals surface area (Å²) in [5.41, 5.74) is 1.50. The van der Waals surface area contributed by atoms with Crippen LogP contribution in [-0.4, -0.2) is 34.6 Å². The summed E-state index contributed by atoms with van der Waals surface area (Å²) in [6.07, 6.45) is 2.80. The van der Waals surface area contributed by atoms with E-state index in [1.54, 1.807) is 19.2 Å². The molecule has 1 fully saturated rings. The molecule has 6 heteroatoms. The quantitative estimate of drug-likeness (QED) is 0.698. The van der Waals surface area contributed by atoms with E-state index in [0.29, 0.717) is 29.6 Å². The van der Waals surface area contributed by atoms with Crippen LogP contribution in [0.15, 0.2) is 59.1 Å². The van der Waals surface area contributed by atoms with Crippen LogP contribution in [0.4, 0.5) is 0 Å². The first-order chi connectivity index (χ1) is 13.3. The monoisotopic (exact) mass is 363 g/mol. The molecule has 1 amide bonds. The highest BCUT2D eigenvalue weighted by atomic mass is 16.5. The van der Waals surface area contributed by atoms with Crippen molar-refractivity contribution in [1.82, 2.24) is 15.0 Å². The third-order valence-electron chi connectivity index (χ3n) is 4.84. The third-order valence-corrected chi connectivity index (χ3v) is 4.84. The molecule has 0 N–H and O–H groups in total. The van der Waals surface area contributed by atoms with E-state index in [-0.39, 0.29) is 11.9 Å². The molecule has 0 saturated carbocycles. The minimum Gasteiger partial charge on any atom is -0.497 e. The second kappa shape index (κ2) is 7.61. The van der Waals surface area contributed by atoms with Crippen LogP contribution in [0, 0.1) is 0 Å². The third kappa shape index (κ3) is 3.56. The first kappa shape index (κ1) is 17.3. The van der Waals surface area contributed by atoms with Crippen LogP contribution in [-0.2, 0) is 0 Å². The summed E-state index contributed by atoms with van der Waals surface area (Å²) in [6.45, 7) is 0.670. The van der Waals surface area contributed by atoms with E-state index < -0.39 is 0 Å². The van der Waals surface area contributed by atoms with Gasteiger partial charge in [-0.15, -0.1) is 0 Å². The van der Waals surface area contributed by atoms with Gasteiger partial charge in [-0.05, 0) is 37.5 Å². The zero-order chi connectivity index (χ0) is 18.6. The van der Waals surface area contributed by atoms with Gasteiger partial charge in [0.25, 0.3) is 5.91 Å². The molecule has 3 aromatic rings. The predicted molar refractivity (Wildman–Crippen MR) is 100 cm³/mol. The fraction of sp³-hybridized carbons (Fsp3) is 0.286. The SMILES string of the molecule is COc1cccc(C(=O)N2CCCCC2c2nc(-c3ccccc3)no2)c1. The first-order valence-corrected chi connectivity index (χ1v) is 9.10. The number of amides is 1. The summed E-state index contributed by atoms with van der Waals surface area (Å²) in [5.74, 6) is 1.66. The smallest absolute Gasteiger partial charge is 0.254 e. The number of likely N-dealkylation sites (tertiary alicyclic amines) is 1. The highest BCUT2D eigenvalue weighted by Crippen LogP contribution is 2.32. The first-order valence-electron chi connectivity index (χ1n) is 9.10. The predicted octanol–water partition coefficient (Wildman–Crippen LogP) is 4.11. The highest BCUT2D eigenvalue weighted by molar-refractivity contribution is 5.95. The highest BCUT2D eigenvalue weighted by Gasteiger charge is 2.32. The Morgan fingerprint density at radius 3 is 2.81 bits per heavy atom. The Morgan fingerprint density at radius 2 is 2.00 bits per heavy atom. The maximum absolute atomic E-state index is 13.1. The lowest BCUT2D eigenvalue weighted by Crippen LogP contribution is -2.38. The van der Waals surface area contributed by atoms with Gasteiger partial charge in [-0.2, -0.15) is 4.98 Å². The average molecular weight is 363 g/mol. The van der Waals surface area contributed by atoms with E-state index in [4.69, 9.17) is 9.26 Å². The largest absolute Gasteiger partial charge is 0.497 e. The van der Waals surface area contributed by atoms with Gasteiger partial charge in [0, 0.05) is 17.7 Å². The second-order valence-corrected chi connectivity index (χ2v) is 6.56. The van der Waals surface area contributed by atoms with Crippen LogP contribution in [0.3, 0.4) is 0 Å². The Kier molecular flexibility index (Phi) is 4.87. The molecule has 4 rings (SSSR count). The molecule has 0 spiro atoms. The maximum atomic E-state index is 13.1. The lowest BCUT2D eigenvalue weighted by atomic mass is 10.0. The Hall–Kier alpha value is -3.15. The number of carbonyl (C=O) groups excluding carboxylic acids is 1. The fourth-order valence-corrected chi connectivity index (χ4v) is 3.43. The van der Waals surface area contributed by atoms with Gasteiger partial charge < -0.3 is 14.2 Å². The van der Waals surface area contributed by atoms with Crippen molar-refractivity contribution in [2.75, 3.05) is 13.7 Å². The van der Waals surface area contributed by atoms with Crippen LogP contribution in [0.25, 0.3) is 11.4 Å². The molecule has 1 atom stereocenters. The number of nitrogens with zero attached hydrogens (tertiary/aromatic N) is 3. The van der Waals surface area contributed by atoms with Crippen molar-refractivity contribution in [3.05, 3.63) is 66.1 Å². The molecular formula is C21H21N3O3. The molecule has 27 heavy (non-hydrogen) atoms. The minimum atomic E-state index is -0.206. The molecule has 0 radical (unpaired) electrons. The van der Waals surface area contributed by atoms with Crippen LogP contribution in [0.1, 0.15) is 41.6 Å². The zero-order valence-corrected chi connectivity index (χ0v) is 15.2. The van der Waals surface area contributed by atoms with Crippen LogP contribution in [0.2, 0.25) is 0 Å². The molecule has 6 nitrogen and oxygen atoms in total. The summed E-state index contributed by atoms with van der Waals surface area (Å²) in [4.78, 5) is 19.5. The molecule has 0 bridgehead atoms. The molecular weight excluding hydrogens is 342 g/mol. The Labute approximate surface area is 157 Å².